The molecule has 0 atom stereocenters. The molecule has 2 aliphatic rings. The number of rotatable bonds is 3. The number of benzene rings is 2. The Morgan fingerprint density at radius 1 is 1.04 bits per heavy atom. The molecule has 2 heterocycles. The van der Waals surface area contributed by atoms with Gasteiger partial charge in [0.1, 0.15) is 5.82 Å². The van der Waals surface area contributed by atoms with Crippen LogP contribution in [0.1, 0.15) is 0 Å². The van der Waals surface area contributed by atoms with Crippen molar-refractivity contribution in [1.29, 1.82) is 0 Å². The van der Waals surface area contributed by atoms with E-state index in [1.54, 1.807) is 0 Å². The van der Waals surface area contributed by atoms with E-state index >= 15 is 0 Å². The summed E-state index contributed by atoms with van der Waals surface area (Å²) in [4.78, 5) is 13.6. The summed E-state index contributed by atoms with van der Waals surface area (Å²) in [5.41, 5.74) is 3.54. The average Bonchev–Trinajstić information content (AvgIpc) is 3.13. The minimum Gasteiger partial charge on any atom is -0.361 e. The number of nitrogens with zero attached hydrogens (tertiary/aromatic N) is 4. The molecule has 5 heteroatoms. The molecule has 134 valence electrons. The quantitative estimate of drug-likeness (QED) is 0.868. The van der Waals surface area contributed by atoms with E-state index < -0.39 is 0 Å². The van der Waals surface area contributed by atoms with Crippen LogP contribution in [-0.2, 0) is 0 Å². The molecule has 1 N–H and O–H groups in total. The average molecular weight is 347 g/mol. The molecule has 0 saturated carbocycles. The van der Waals surface area contributed by atoms with Gasteiger partial charge in [-0.05, 0) is 29.6 Å². The molecule has 0 bridgehead atoms. The summed E-state index contributed by atoms with van der Waals surface area (Å²) in [5.74, 6) is 0.996. The second kappa shape index (κ2) is 7.30. The van der Waals surface area contributed by atoms with Crippen molar-refractivity contribution in [2.75, 3.05) is 51.2 Å². The third kappa shape index (κ3) is 3.10. The maximum Gasteiger partial charge on any atom is 0.134 e. The summed E-state index contributed by atoms with van der Waals surface area (Å²) in [7, 11) is 1.87. The molecule has 5 nitrogen and oxygen atoms in total. The maximum atomic E-state index is 4.56. The van der Waals surface area contributed by atoms with Crippen LogP contribution < -0.4 is 10.2 Å². The van der Waals surface area contributed by atoms with Crippen molar-refractivity contribution in [1.82, 2.24) is 10.2 Å². The van der Waals surface area contributed by atoms with E-state index in [0.29, 0.717) is 0 Å². The fraction of sp³-hybridized carbons (Fsp3) is 0.333. The standard InChI is InChI=1S/C21H25N5/c1-22-20-15-26(18-8-7-16-5-3-4-6-17(16)13-18)14-19(20)21(23-2)25-11-9-24-10-12-25/h3-8,13,24H,2,9-12,14-15H2,1H3/b21-19+,22-20?. The van der Waals surface area contributed by atoms with Crippen LogP contribution in [0.25, 0.3) is 10.8 Å². The molecule has 0 aromatic heterocycles. The molecule has 2 aromatic rings. The number of aliphatic imine (C=N–C) groups is 2. The molecule has 26 heavy (non-hydrogen) atoms. The van der Waals surface area contributed by atoms with Crippen molar-refractivity contribution in [3.63, 3.8) is 0 Å². The van der Waals surface area contributed by atoms with E-state index in [4.69, 9.17) is 0 Å². The van der Waals surface area contributed by atoms with Gasteiger partial charge in [-0.15, -0.1) is 0 Å². The molecule has 0 radical (unpaired) electrons. The van der Waals surface area contributed by atoms with Gasteiger partial charge in [-0.3, -0.25) is 4.99 Å². The van der Waals surface area contributed by atoms with Crippen LogP contribution in [0.3, 0.4) is 0 Å². The summed E-state index contributed by atoms with van der Waals surface area (Å²) in [5, 5.41) is 5.93. The van der Waals surface area contributed by atoms with Gasteiger partial charge in [0.05, 0.1) is 12.3 Å². The largest absolute Gasteiger partial charge is 0.361 e. The van der Waals surface area contributed by atoms with Crippen LogP contribution >= 0.6 is 0 Å². The SMILES string of the molecule is C=N/C(=C1/CN(c2ccc3ccccc3c2)CC1=NC)N1CCNCC1. The fourth-order valence-corrected chi connectivity index (χ4v) is 3.84. The minimum atomic E-state index is 0.815. The molecule has 2 aromatic carbocycles. The molecule has 0 aliphatic carbocycles. The summed E-state index contributed by atoms with van der Waals surface area (Å²) in [6.45, 7) is 9.38. The van der Waals surface area contributed by atoms with Crippen LogP contribution in [0.5, 0.6) is 0 Å². The number of nitrogens with one attached hydrogen (secondary N) is 1. The van der Waals surface area contributed by atoms with Crippen LogP contribution in [-0.4, -0.2) is 63.6 Å². The van der Waals surface area contributed by atoms with Gasteiger partial charge in [-0.1, -0.05) is 30.3 Å². The van der Waals surface area contributed by atoms with Crippen LogP contribution in [0, 0.1) is 0 Å². The number of fused-ring (bicyclic) bond motifs is 1. The molecule has 2 saturated heterocycles. The van der Waals surface area contributed by atoms with Gasteiger partial charge in [-0.25, -0.2) is 4.99 Å². The number of piperazine rings is 1. The second-order valence-electron chi connectivity index (χ2n) is 6.76. The summed E-state index contributed by atoms with van der Waals surface area (Å²) in [6.07, 6.45) is 0. The highest BCUT2D eigenvalue weighted by Crippen LogP contribution is 2.28. The van der Waals surface area contributed by atoms with E-state index in [1.165, 1.54) is 22.0 Å². The van der Waals surface area contributed by atoms with E-state index in [1.807, 2.05) is 7.05 Å². The normalized spacial score (nSPS) is 21.5. The highest BCUT2D eigenvalue weighted by atomic mass is 15.3. The fourth-order valence-electron chi connectivity index (χ4n) is 3.84. The summed E-state index contributed by atoms with van der Waals surface area (Å²) in [6, 6.07) is 15.1. The smallest absolute Gasteiger partial charge is 0.134 e. The first-order valence-electron chi connectivity index (χ1n) is 9.15. The molecule has 4 rings (SSSR count). The van der Waals surface area contributed by atoms with Gasteiger partial charge in [0.25, 0.3) is 0 Å². The van der Waals surface area contributed by atoms with Crippen molar-refractivity contribution in [2.45, 2.75) is 0 Å². The van der Waals surface area contributed by atoms with Gasteiger partial charge >= 0.3 is 0 Å². The Morgan fingerprint density at radius 2 is 1.81 bits per heavy atom. The predicted octanol–water partition coefficient (Wildman–Crippen LogP) is 2.55. The van der Waals surface area contributed by atoms with Crippen molar-refractivity contribution in [3.8, 4) is 0 Å². The van der Waals surface area contributed by atoms with Gasteiger partial charge < -0.3 is 15.1 Å². The molecule has 2 fully saturated rings. The predicted molar refractivity (Wildman–Crippen MR) is 111 cm³/mol. The molecule has 0 spiro atoms. The third-order valence-corrected chi connectivity index (χ3v) is 5.24. The van der Waals surface area contributed by atoms with Crippen molar-refractivity contribution in [2.24, 2.45) is 9.98 Å². The van der Waals surface area contributed by atoms with Crippen molar-refractivity contribution in [3.05, 3.63) is 53.9 Å². The van der Waals surface area contributed by atoms with E-state index in [2.05, 4.69) is 74.3 Å². The monoisotopic (exact) mass is 347 g/mol. The molecule has 0 amide bonds. The Bertz CT molecular complexity index is 877. The highest BCUT2D eigenvalue weighted by molar-refractivity contribution is 6.07. The van der Waals surface area contributed by atoms with Crippen molar-refractivity contribution < 1.29 is 0 Å². The summed E-state index contributed by atoms with van der Waals surface area (Å²) < 4.78 is 0. The maximum absolute atomic E-state index is 4.56. The van der Waals surface area contributed by atoms with E-state index in [-0.39, 0.29) is 0 Å². The third-order valence-electron chi connectivity index (χ3n) is 5.24. The van der Waals surface area contributed by atoms with Gasteiger partial charge in [0.2, 0.25) is 0 Å². The number of hydrogen-bond acceptors (Lipinski definition) is 5. The molecule has 0 unspecified atom stereocenters. The van der Waals surface area contributed by atoms with Crippen LogP contribution in [0.4, 0.5) is 5.69 Å². The Morgan fingerprint density at radius 3 is 2.54 bits per heavy atom. The van der Waals surface area contributed by atoms with E-state index in [0.717, 1.165) is 50.8 Å². The Labute approximate surface area is 154 Å². The lowest BCUT2D eigenvalue weighted by Gasteiger charge is -2.30. The van der Waals surface area contributed by atoms with Crippen LogP contribution in [0.2, 0.25) is 0 Å². The molecular weight excluding hydrogens is 322 g/mol. The van der Waals surface area contributed by atoms with E-state index in [9.17, 15) is 0 Å². The topological polar surface area (TPSA) is 43.2 Å². The lowest BCUT2D eigenvalue weighted by atomic mass is 10.1. The highest BCUT2D eigenvalue weighted by Gasteiger charge is 2.28. The Kier molecular flexibility index (Phi) is 4.71. The lowest BCUT2D eigenvalue weighted by Crippen LogP contribution is -2.43. The van der Waals surface area contributed by atoms with Gasteiger partial charge in [0, 0.05) is 51.0 Å². The first-order valence-corrected chi connectivity index (χ1v) is 9.15. The number of anilines is 1. The molecular formula is C21H25N5. The molecule has 2 aliphatic heterocycles. The van der Waals surface area contributed by atoms with Crippen LogP contribution in [0.15, 0.2) is 63.8 Å². The zero-order chi connectivity index (χ0) is 17.9. The second-order valence-corrected chi connectivity index (χ2v) is 6.76. The van der Waals surface area contributed by atoms with Crippen molar-refractivity contribution >= 4 is 28.9 Å². The minimum absolute atomic E-state index is 0.815. The van der Waals surface area contributed by atoms with Gasteiger partial charge in [-0.2, -0.15) is 0 Å². The lowest BCUT2D eigenvalue weighted by molar-refractivity contribution is 0.295. The Balaban J connectivity index is 1.67. The number of hydrogen-bond donors (Lipinski definition) is 1. The Hall–Kier alpha value is -2.66. The first-order chi connectivity index (χ1) is 12.8. The summed E-state index contributed by atoms with van der Waals surface area (Å²) >= 11 is 0. The van der Waals surface area contributed by atoms with Gasteiger partial charge in [0.15, 0.2) is 0 Å². The zero-order valence-electron chi connectivity index (χ0n) is 15.3. The zero-order valence-corrected chi connectivity index (χ0v) is 15.3. The first kappa shape index (κ1) is 16.8.